The third-order valence-corrected chi connectivity index (χ3v) is 12.6. The van der Waals surface area contributed by atoms with Crippen LogP contribution in [0.25, 0.3) is 55.3 Å². The van der Waals surface area contributed by atoms with E-state index in [0.29, 0.717) is 44.2 Å². The Kier molecular flexibility index (Phi) is 15.9. The topological polar surface area (TPSA) is 256 Å². The fraction of sp³-hybridized carbons (Fsp3) is 0.155. The minimum atomic E-state index is -1.07. The van der Waals surface area contributed by atoms with E-state index in [4.69, 9.17) is 10.2 Å². The number of hydrogen-bond acceptors (Lipinski definition) is 11. The van der Waals surface area contributed by atoms with E-state index in [9.17, 15) is 39.0 Å². The lowest BCUT2D eigenvalue weighted by atomic mass is 9.99. The highest BCUT2D eigenvalue weighted by atomic mass is 16.4. The maximum Gasteiger partial charge on any atom is 0.305 e. The third kappa shape index (κ3) is 11.3. The van der Waals surface area contributed by atoms with E-state index in [1.807, 2.05) is 123 Å². The molecule has 0 saturated carbocycles. The number of nitrogens with zero attached hydrogens (tertiary/aromatic N) is 5. The first-order valence-corrected chi connectivity index (χ1v) is 24.0. The molecule has 378 valence electrons. The number of carbonyl (C=O) groups excluding carboxylic acids is 2. The van der Waals surface area contributed by atoms with Crippen LogP contribution < -0.4 is 21.8 Å². The zero-order valence-corrected chi connectivity index (χ0v) is 40.8. The van der Waals surface area contributed by atoms with Crippen molar-refractivity contribution in [3.63, 3.8) is 0 Å². The fourth-order valence-electron chi connectivity index (χ4n) is 8.77. The molecule has 0 aliphatic carbocycles. The molecule has 0 radical (unpaired) electrons. The number of aliphatic carboxylic acids is 2. The summed E-state index contributed by atoms with van der Waals surface area (Å²) in [5.74, 6) is -4.14. The van der Waals surface area contributed by atoms with E-state index in [1.54, 1.807) is 57.9 Å². The zero-order valence-electron chi connectivity index (χ0n) is 40.8. The molecule has 5 aromatic heterocycles. The van der Waals surface area contributed by atoms with Crippen LogP contribution in [0, 0.1) is 0 Å². The minimum absolute atomic E-state index is 0.0818. The molecule has 5 heterocycles. The Morgan fingerprint density at radius 2 is 1.04 bits per heavy atom. The van der Waals surface area contributed by atoms with Gasteiger partial charge in [-0.15, -0.1) is 0 Å². The highest BCUT2D eigenvalue weighted by Gasteiger charge is 2.27. The van der Waals surface area contributed by atoms with Crippen molar-refractivity contribution in [1.29, 1.82) is 0 Å². The monoisotopic (exact) mass is 1010 g/mol. The lowest BCUT2D eigenvalue weighted by Gasteiger charge is -2.23. The number of carboxylic acids is 2. The molecule has 17 nitrogen and oxygen atoms in total. The summed E-state index contributed by atoms with van der Waals surface area (Å²) in [7, 11) is 0. The second-order valence-electron chi connectivity index (χ2n) is 17.4. The summed E-state index contributed by atoms with van der Waals surface area (Å²) in [5, 5.41) is 45.9. The van der Waals surface area contributed by atoms with Gasteiger partial charge in [-0.3, -0.25) is 42.9 Å². The predicted octanol–water partition coefficient (Wildman–Crippen LogP) is 8.62. The average molecular weight is 1010 g/mol. The number of fused-ring (bicyclic) bond motifs is 2. The van der Waals surface area contributed by atoms with Crippen molar-refractivity contribution in [3.05, 3.63) is 207 Å². The molecule has 2 atom stereocenters. The number of rotatable bonds is 16. The quantitative estimate of drug-likeness (QED) is 0.0496. The second kappa shape index (κ2) is 23.2. The summed E-state index contributed by atoms with van der Waals surface area (Å²) in [4.78, 5) is 88.2. The van der Waals surface area contributed by atoms with Crippen LogP contribution in [-0.4, -0.2) is 81.4 Å². The number of benzene rings is 4. The van der Waals surface area contributed by atoms with Crippen molar-refractivity contribution in [1.82, 2.24) is 34.7 Å². The van der Waals surface area contributed by atoms with Gasteiger partial charge in [0.05, 0.1) is 41.4 Å². The van der Waals surface area contributed by atoms with Crippen LogP contribution in [-0.2, 0) is 9.59 Å². The molecule has 4 aromatic carbocycles. The van der Waals surface area contributed by atoms with E-state index in [1.165, 1.54) is 6.20 Å². The molecule has 0 spiro atoms. The molecule has 6 N–H and O–H groups in total. The lowest BCUT2D eigenvalue weighted by Crippen LogP contribution is -2.29. The first-order chi connectivity index (χ1) is 36.2. The first-order valence-electron chi connectivity index (χ1n) is 24.0. The largest absolute Gasteiger partial charge is 0.505 e. The van der Waals surface area contributed by atoms with Gasteiger partial charge in [0.2, 0.25) is 0 Å². The first kappa shape index (κ1) is 51.6. The van der Waals surface area contributed by atoms with E-state index in [-0.39, 0.29) is 77.7 Å². The Hall–Kier alpha value is -9.77. The van der Waals surface area contributed by atoms with Gasteiger partial charge in [-0.25, -0.2) is 9.97 Å². The van der Waals surface area contributed by atoms with Crippen LogP contribution in [0.5, 0.6) is 11.5 Å². The molecule has 0 aliphatic rings. The van der Waals surface area contributed by atoms with Gasteiger partial charge in [0, 0.05) is 59.4 Å². The molecular formula is C58H51N7O10. The van der Waals surface area contributed by atoms with Crippen LogP contribution in [0.3, 0.4) is 0 Å². The molecule has 9 aromatic rings. The number of nitrogens with one attached hydrogen (secondary N) is 2. The summed E-state index contributed by atoms with van der Waals surface area (Å²) in [6, 6.07) is 43.0. The summed E-state index contributed by atoms with van der Waals surface area (Å²) in [6.45, 7) is 3.77. The van der Waals surface area contributed by atoms with Gasteiger partial charge in [-0.1, -0.05) is 121 Å². The van der Waals surface area contributed by atoms with Crippen LogP contribution in [0.15, 0.2) is 174 Å². The standard InChI is InChI=1S/C31H26N4O5.C27H25N3O5/c1-19(20-9-4-2-5-10-20)35-28-24(17-23(31(35)40)21-11-6-3-7-12-21)29(38)27(30(39)33-16-14-25(36)37)34-26(28)22-13-8-15-32-18-22;1-17(18-9-4-2-5-10-18)30-22-16-29-24(26(34)28-14-8-13-23(31)32)25(33)21(22)15-20(27(30)35)19-11-6-3-7-12-19/h2-13,15,17-19,38H,14,16H2,1H3,(H,33,39)(H,36,37);2-7,9-12,15-17,33H,8,13-14H2,1H3,(H,28,34)(H,31,32). The Balaban J connectivity index is 0.000000201. The van der Waals surface area contributed by atoms with Gasteiger partial charge in [0.15, 0.2) is 22.9 Å². The average Bonchev–Trinajstić information content (AvgIpc) is 3.43. The summed E-state index contributed by atoms with van der Waals surface area (Å²) < 4.78 is 3.17. The van der Waals surface area contributed by atoms with E-state index >= 15 is 0 Å². The fourth-order valence-corrected chi connectivity index (χ4v) is 8.77. The molecule has 2 amide bonds. The number of hydrogen-bond donors (Lipinski definition) is 6. The summed E-state index contributed by atoms with van der Waals surface area (Å²) >= 11 is 0. The second-order valence-corrected chi connectivity index (χ2v) is 17.4. The van der Waals surface area contributed by atoms with Gasteiger partial charge >= 0.3 is 11.9 Å². The minimum Gasteiger partial charge on any atom is -0.505 e. The van der Waals surface area contributed by atoms with E-state index in [0.717, 1.165) is 11.1 Å². The van der Waals surface area contributed by atoms with Crippen molar-refractivity contribution in [2.75, 3.05) is 13.1 Å². The Morgan fingerprint density at radius 3 is 1.59 bits per heavy atom. The number of pyridine rings is 5. The van der Waals surface area contributed by atoms with Crippen molar-refractivity contribution >= 4 is 45.6 Å². The maximum atomic E-state index is 14.2. The Bertz CT molecular complexity index is 3670. The van der Waals surface area contributed by atoms with Gasteiger partial charge in [0.25, 0.3) is 22.9 Å². The number of aromatic nitrogens is 5. The van der Waals surface area contributed by atoms with Crippen molar-refractivity contribution in [2.24, 2.45) is 0 Å². The highest BCUT2D eigenvalue weighted by Crippen LogP contribution is 2.38. The van der Waals surface area contributed by atoms with Crippen molar-refractivity contribution in [3.8, 4) is 45.0 Å². The molecule has 0 aliphatic heterocycles. The Morgan fingerprint density at radius 1 is 0.560 bits per heavy atom. The molecule has 2 unspecified atom stereocenters. The molecular weight excluding hydrogens is 955 g/mol. The van der Waals surface area contributed by atoms with E-state index in [2.05, 4.69) is 25.6 Å². The van der Waals surface area contributed by atoms with Crippen LogP contribution >= 0.6 is 0 Å². The molecule has 0 saturated heterocycles. The van der Waals surface area contributed by atoms with Crippen LogP contribution in [0.1, 0.15) is 77.3 Å². The van der Waals surface area contributed by atoms with Crippen LogP contribution in [0.2, 0.25) is 0 Å². The Labute approximate surface area is 429 Å². The highest BCUT2D eigenvalue weighted by molar-refractivity contribution is 6.06. The number of carbonyl (C=O) groups is 4. The van der Waals surface area contributed by atoms with Crippen molar-refractivity contribution in [2.45, 2.75) is 45.2 Å². The molecule has 75 heavy (non-hydrogen) atoms. The lowest BCUT2D eigenvalue weighted by molar-refractivity contribution is -0.138. The zero-order chi connectivity index (χ0) is 53.2. The normalized spacial score (nSPS) is 11.8. The molecule has 17 heteroatoms. The molecule has 0 fully saturated rings. The molecule has 0 bridgehead atoms. The SMILES string of the molecule is CC(c1ccccc1)n1c(=O)c(-c2ccccc2)cc2c(O)c(C(=O)NCCC(=O)O)nc(-c3cccnc3)c21.CC(c1ccccc1)n1c(=O)c(-c2ccccc2)cc2c(O)c(C(=O)NCCCC(=O)O)ncc21. The van der Waals surface area contributed by atoms with Crippen LogP contribution in [0.4, 0.5) is 0 Å². The van der Waals surface area contributed by atoms with Crippen molar-refractivity contribution < 1.29 is 39.6 Å². The van der Waals surface area contributed by atoms with Gasteiger partial charge in [-0.05, 0) is 66.8 Å². The predicted molar refractivity (Wildman–Crippen MR) is 284 cm³/mol. The third-order valence-electron chi connectivity index (χ3n) is 12.6. The maximum absolute atomic E-state index is 14.2. The van der Waals surface area contributed by atoms with Gasteiger partial charge in [-0.2, -0.15) is 0 Å². The van der Waals surface area contributed by atoms with E-state index < -0.39 is 35.5 Å². The van der Waals surface area contributed by atoms with Gasteiger partial charge < -0.3 is 31.1 Å². The number of amides is 2. The summed E-state index contributed by atoms with van der Waals surface area (Å²) in [5.41, 5.74) is 4.37. The molecule has 9 rings (SSSR count). The smallest absolute Gasteiger partial charge is 0.305 e. The van der Waals surface area contributed by atoms with Gasteiger partial charge in [0.1, 0.15) is 0 Å². The summed E-state index contributed by atoms with van der Waals surface area (Å²) in [6.07, 6.45) is 4.46. The number of carboxylic acid groups (broad SMARTS) is 2. The number of aromatic hydroxyl groups is 2.